The maximum atomic E-state index is 13.2. The van der Waals surface area contributed by atoms with Gasteiger partial charge in [0.05, 0.1) is 23.5 Å². The zero-order valence-electron chi connectivity index (χ0n) is 15.3. The van der Waals surface area contributed by atoms with E-state index in [2.05, 4.69) is 15.4 Å². The van der Waals surface area contributed by atoms with Gasteiger partial charge < -0.3 is 9.73 Å². The number of halogens is 1. The average molecular weight is 396 g/mol. The highest BCUT2D eigenvalue weighted by Gasteiger charge is 2.14. The Bertz CT molecular complexity index is 1130. The Labute approximate surface area is 164 Å². The van der Waals surface area contributed by atoms with Crippen LogP contribution in [-0.4, -0.2) is 20.7 Å². The van der Waals surface area contributed by atoms with Crippen molar-refractivity contribution in [3.63, 3.8) is 0 Å². The third kappa shape index (κ3) is 3.86. The first-order valence-electron chi connectivity index (χ1n) is 8.61. The molecule has 28 heavy (non-hydrogen) atoms. The third-order valence-electron chi connectivity index (χ3n) is 4.01. The van der Waals surface area contributed by atoms with E-state index in [1.165, 1.54) is 23.5 Å². The van der Waals surface area contributed by atoms with Crippen LogP contribution in [0.15, 0.2) is 52.3 Å². The van der Waals surface area contributed by atoms with Crippen LogP contribution < -0.4 is 5.32 Å². The predicted molar refractivity (Wildman–Crippen MR) is 105 cm³/mol. The van der Waals surface area contributed by atoms with Gasteiger partial charge in [0.25, 0.3) is 0 Å². The maximum absolute atomic E-state index is 13.2. The first-order chi connectivity index (χ1) is 13.5. The number of furan rings is 1. The zero-order chi connectivity index (χ0) is 19.7. The largest absolute Gasteiger partial charge is 0.459 e. The van der Waals surface area contributed by atoms with Gasteiger partial charge in [0.15, 0.2) is 10.8 Å². The SMILES string of the molecule is Cc1cc(NC(=O)Cc2csc(-c3ccc(C)o3)n2)n(-c2ccc(F)cc2)n1. The molecule has 0 radical (unpaired) electrons. The third-order valence-corrected chi connectivity index (χ3v) is 4.92. The van der Waals surface area contributed by atoms with E-state index in [0.29, 0.717) is 23.0 Å². The van der Waals surface area contributed by atoms with E-state index in [1.807, 2.05) is 31.4 Å². The summed E-state index contributed by atoms with van der Waals surface area (Å²) in [6.07, 6.45) is 0.129. The van der Waals surface area contributed by atoms with Gasteiger partial charge in [-0.05, 0) is 50.2 Å². The lowest BCUT2D eigenvalue weighted by atomic mass is 10.3. The molecule has 4 rings (SSSR count). The summed E-state index contributed by atoms with van der Waals surface area (Å²) in [6, 6.07) is 11.4. The van der Waals surface area contributed by atoms with Gasteiger partial charge in [-0.25, -0.2) is 14.1 Å². The minimum atomic E-state index is -0.329. The molecule has 0 unspecified atom stereocenters. The molecule has 0 aliphatic carbocycles. The molecule has 0 spiro atoms. The number of rotatable bonds is 5. The number of carbonyl (C=O) groups excluding carboxylic acids is 1. The second-order valence-electron chi connectivity index (χ2n) is 6.34. The fourth-order valence-electron chi connectivity index (χ4n) is 2.77. The van der Waals surface area contributed by atoms with Crippen molar-refractivity contribution in [1.29, 1.82) is 0 Å². The minimum Gasteiger partial charge on any atom is -0.459 e. The lowest BCUT2D eigenvalue weighted by Crippen LogP contribution is -2.17. The molecule has 1 N–H and O–H groups in total. The van der Waals surface area contributed by atoms with Gasteiger partial charge in [0.2, 0.25) is 5.91 Å². The van der Waals surface area contributed by atoms with E-state index in [4.69, 9.17) is 4.42 Å². The van der Waals surface area contributed by atoms with Crippen molar-refractivity contribution in [2.75, 3.05) is 5.32 Å². The molecule has 0 aliphatic heterocycles. The molecule has 0 atom stereocenters. The molecule has 0 aliphatic rings. The van der Waals surface area contributed by atoms with E-state index >= 15 is 0 Å². The molecule has 1 aromatic carbocycles. The second kappa shape index (κ2) is 7.40. The van der Waals surface area contributed by atoms with Crippen molar-refractivity contribution < 1.29 is 13.6 Å². The van der Waals surface area contributed by atoms with E-state index in [1.54, 1.807) is 22.9 Å². The Kier molecular flexibility index (Phi) is 4.79. The molecule has 8 heteroatoms. The molecule has 1 amide bonds. The quantitative estimate of drug-likeness (QED) is 0.538. The Morgan fingerprint density at radius 2 is 2.00 bits per heavy atom. The molecule has 0 saturated heterocycles. The van der Waals surface area contributed by atoms with Crippen molar-refractivity contribution in [2.45, 2.75) is 20.3 Å². The topological polar surface area (TPSA) is 73.0 Å². The van der Waals surface area contributed by atoms with Crippen molar-refractivity contribution in [3.8, 4) is 16.5 Å². The van der Waals surface area contributed by atoms with Crippen LogP contribution in [-0.2, 0) is 11.2 Å². The number of hydrogen-bond donors (Lipinski definition) is 1. The Hall–Kier alpha value is -3.26. The Morgan fingerprint density at radius 1 is 1.21 bits per heavy atom. The van der Waals surface area contributed by atoms with Gasteiger partial charge in [0.1, 0.15) is 17.4 Å². The van der Waals surface area contributed by atoms with Crippen LogP contribution in [0.5, 0.6) is 0 Å². The number of carbonyl (C=O) groups is 1. The van der Waals surface area contributed by atoms with Crippen LogP contribution in [0, 0.1) is 19.7 Å². The van der Waals surface area contributed by atoms with Crippen LogP contribution in [0.1, 0.15) is 17.1 Å². The first kappa shape index (κ1) is 18.1. The van der Waals surface area contributed by atoms with E-state index < -0.39 is 0 Å². The lowest BCUT2D eigenvalue weighted by molar-refractivity contribution is -0.115. The van der Waals surface area contributed by atoms with Crippen molar-refractivity contribution in [2.24, 2.45) is 0 Å². The van der Waals surface area contributed by atoms with E-state index in [0.717, 1.165) is 16.5 Å². The van der Waals surface area contributed by atoms with Gasteiger partial charge in [-0.2, -0.15) is 5.10 Å². The van der Waals surface area contributed by atoms with E-state index in [-0.39, 0.29) is 18.1 Å². The summed E-state index contributed by atoms with van der Waals surface area (Å²) in [6.45, 7) is 3.70. The standard InChI is InChI=1S/C20H17FN4O2S/c1-12-9-18(25(24-12)16-6-4-14(21)5-7-16)23-19(26)10-15-11-28-20(22-15)17-8-3-13(2)27-17/h3-9,11H,10H2,1-2H3,(H,23,26). The van der Waals surface area contributed by atoms with Crippen molar-refractivity contribution in [3.05, 3.63) is 70.8 Å². The number of nitrogens with zero attached hydrogens (tertiary/aromatic N) is 3. The number of benzene rings is 1. The molecule has 142 valence electrons. The summed E-state index contributed by atoms with van der Waals surface area (Å²) in [7, 11) is 0. The maximum Gasteiger partial charge on any atom is 0.231 e. The summed E-state index contributed by atoms with van der Waals surface area (Å²) < 4.78 is 20.3. The molecular formula is C20H17FN4O2S. The average Bonchev–Trinajstić information content (AvgIpc) is 3.36. The molecule has 0 saturated carbocycles. The van der Waals surface area contributed by atoms with Crippen LogP contribution in [0.4, 0.5) is 10.2 Å². The second-order valence-corrected chi connectivity index (χ2v) is 7.20. The molecule has 3 heterocycles. The highest BCUT2D eigenvalue weighted by Crippen LogP contribution is 2.26. The highest BCUT2D eigenvalue weighted by molar-refractivity contribution is 7.13. The van der Waals surface area contributed by atoms with Gasteiger partial charge >= 0.3 is 0 Å². The molecule has 6 nitrogen and oxygen atoms in total. The first-order valence-corrected chi connectivity index (χ1v) is 9.49. The van der Waals surface area contributed by atoms with Gasteiger partial charge in [-0.1, -0.05) is 0 Å². The molecule has 0 bridgehead atoms. The fraction of sp³-hybridized carbons (Fsp3) is 0.150. The van der Waals surface area contributed by atoms with Crippen LogP contribution in [0.25, 0.3) is 16.5 Å². The van der Waals surface area contributed by atoms with Crippen LogP contribution in [0.3, 0.4) is 0 Å². The fourth-order valence-corrected chi connectivity index (χ4v) is 3.55. The Morgan fingerprint density at radius 3 is 2.71 bits per heavy atom. The summed E-state index contributed by atoms with van der Waals surface area (Å²) in [5.41, 5.74) is 2.06. The lowest BCUT2D eigenvalue weighted by Gasteiger charge is -2.08. The molecule has 4 aromatic rings. The predicted octanol–water partition coefficient (Wildman–Crippen LogP) is 4.53. The molecule has 3 aromatic heterocycles. The van der Waals surface area contributed by atoms with Crippen molar-refractivity contribution in [1.82, 2.24) is 14.8 Å². The summed E-state index contributed by atoms with van der Waals surface area (Å²) in [5.74, 6) is 1.49. The number of nitrogens with one attached hydrogen (secondary N) is 1. The smallest absolute Gasteiger partial charge is 0.231 e. The van der Waals surface area contributed by atoms with Crippen molar-refractivity contribution >= 4 is 23.1 Å². The van der Waals surface area contributed by atoms with Gasteiger partial charge in [0, 0.05) is 11.4 Å². The summed E-state index contributed by atoms with van der Waals surface area (Å²) in [5, 5.41) is 9.81. The monoisotopic (exact) mass is 396 g/mol. The van der Waals surface area contributed by atoms with Crippen LogP contribution >= 0.6 is 11.3 Å². The number of anilines is 1. The summed E-state index contributed by atoms with van der Waals surface area (Å²) in [4.78, 5) is 17.0. The number of hydrogen-bond acceptors (Lipinski definition) is 5. The van der Waals surface area contributed by atoms with Gasteiger partial charge in [-0.15, -0.1) is 11.3 Å². The highest BCUT2D eigenvalue weighted by atomic mass is 32.1. The van der Waals surface area contributed by atoms with Gasteiger partial charge in [-0.3, -0.25) is 4.79 Å². The molecular weight excluding hydrogens is 379 g/mol. The van der Waals surface area contributed by atoms with E-state index in [9.17, 15) is 9.18 Å². The zero-order valence-corrected chi connectivity index (χ0v) is 16.1. The number of thiazole rings is 1. The number of amides is 1. The number of aryl methyl sites for hydroxylation is 2. The number of aromatic nitrogens is 3. The normalized spacial score (nSPS) is 11.0. The summed E-state index contributed by atoms with van der Waals surface area (Å²) >= 11 is 1.43. The Balaban J connectivity index is 1.49. The molecule has 0 fully saturated rings. The minimum absolute atomic E-state index is 0.129. The van der Waals surface area contributed by atoms with Crippen LogP contribution in [0.2, 0.25) is 0 Å².